The summed E-state index contributed by atoms with van der Waals surface area (Å²) in [4.78, 5) is 24.4. The van der Waals surface area contributed by atoms with Crippen molar-refractivity contribution in [2.75, 3.05) is 13.6 Å². The molecule has 0 aliphatic heterocycles. The Balaban J connectivity index is 3.85. The first-order valence-corrected chi connectivity index (χ1v) is 7.76. The number of carbonyl (C=O) groups excluding carboxylic acids is 1. The van der Waals surface area contributed by atoms with Crippen molar-refractivity contribution < 1.29 is 14.7 Å². The molecule has 0 aliphatic carbocycles. The first-order chi connectivity index (χ1) is 9.29. The molecule has 0 bridgehead atoms. The average molecular weight is 285 g/mol. The summed E-state index contributed by atoms with van der Waals surface area (Å²) in [6.07, 6.45) is 4.19. The van der Waals surface area contributed by atoms with E-state index in [0.29, 0.717) is 5.92 Å². The second-order valence-corrected chi connectivity index (χ2v) is 6.12. The SMILES string of the molecule is CC[C@@H](C)C(=O)N(C)CCCC[C@H](C)[C@H](C)CC(=O)O. The van der Waals surface area contributed by atoms with Gasteiger partial charge in [0.05, 0.1) is 0 Å². The van der Waals surface area contributed by atoms with Crippen molar-refractivity contribution in [3.8, 4) is 0 Å². The molecule has 4 heteroatoms. The van der Waals surface area contributed by atoms with Crippen molar-refractivity contribution in [2.45, 2.75) is 59.8 Å². The van der Waals surface area contributed by atoms with Crippen LogP contribution in [0.2, 0.25) is 0 Å². The summed E-state index contributed by atoms with van der Waals surface area (Å²) in [6.45, 7) is 8.90. The lowest BCUT2D eigenvalue weighted by Crippen LogP contribution is -2.32. The molecule has 0 saturated heterocycles. The quantitative estimate of drug-likeness (QED) is 0.626. The van der Waals surface area contributed by atoms with Crippen LogP contribution >= 0.6 is 0 Å². The van der Waals surface area contributed by atoms with Crippen molar-refractivity contribution in [2.24, 2.45) is 17.8 Å². The van der Waals surface area contributed by atoms with Crippen LogP contribution in [-0.4, -0.2) is 35.5 Å². The Morgan fingerprint density at radius 3 is 2.20 bits per heavy atom. The molecule has 1 amide bonds. The van der Waals surface area contributed by atoms with E-state index in [1.54, 1.807) is 0 Å². The third-order valence-corrected chi connectivity index (χ3v) is 4.28. The largest absolute Gasteiger partial charge is 0.481 e. The van der Waals surface area contributed by atoms with Crippen LogP contribution < -0.4 is 0 Å². The number of rotatable bonds is 10. The van der Waals surface area contributed by atoms with Crippen molar-refractivity contribution in [3.63, 3.8) is 0 Å². The Morgan fingerprint density at radius 2 is 1.70 bits per heavy atom. The molecule has 0 aromatic carbocycles. The summed E-state index contributed by atoms with van der Waals surface area (Å²) in [6, 6.07) is 0. The predicted octanol–water partition coefficient (Wildman–Crippen LogP) is 3.41. The van der Waals surface area contributed by atoms with Gasteiger partial charge in [-0.1, -0.05) is 40.5 Å². The monoisotopic (exact) mass is 285 g/mol. The van der Waals surface area contributed by atoms with Crippen molar-refractivity contribution in [3.05, 3.63) is 0 Å². The van der Waals surface area contributed by atoms with Gasteiger partial charge in [-0.05, 0) is 24.7 Å². The van der Waals surface area contributed by atoms with E-state index in [0.717, 1.165) is 32.2 Å². The molecule has 4 nitrogen and oxygen atoms in total. The van der Waals surface area contributed by atoms with Gasteiger partial charge in [-0.25, -0.2) is 0 Å². The molecule has 0 saturated carbocycles. The zero-order chi connectivity index (χ0) is 15.7. The third kappa shape index (κ3) is 7.51. The normalized spacial score (nSPS) is 15.4. The molecule has 0 aromatic rings. The van der Waals surface area contributed by atoms with E-state index in [1.165, 1.54) is 0 Å². The Kier molecular flexibility index (Phi) is 9.26. The van der Waals surface area contributed by atoms with Crippen LogP contribution in [0.3, 0.4) is 0 Å². The van der Waals surface area contributed by atoms with E-state index in [9.17, 15) is 9.59 Å². The number of carbonyl (C=O) groups is 2. The van der Waals surface area contributed by atoms with Crippen molar-refractivity contribution >= 4 is 11.9 Å². The number of nitrogens with zero attached hydrogens (tertiary/aromatic N) is 1. The van der Waals surface area contributed by atoms with Gasteiger partial charge >= 0.3 is 5.97 Å². The summed E-state index contributed by atoms with van der Waals surface area (Å²) >= 11 is 0. The molecule has 3 atom stereocenters. The van der Waals surface area contributed by atoms with Crippen LogP contribution in [0.25, 0.3) is 0 Å². The van der Waals surface area contributed by atoms with Gasteiger partial charge in [0, 0.05) is 25.9 Å². The van der Waals surface area contributed by atoms with Gasteiger partial charge in [0.25, 0.3) is 0 Å². The molecular weight excluding hydrogens is 254 g/mol. The van der Waals surface area contributed by atoms with E-state index >= 15 is 0 Å². The van der Waals surface area contributed by atoms with Crippen LogP contribution in [0, 0.1) is 17.8 Å². The fourth-order valence-corrected chi connectivity index (χ4v) is 2.24. The third-order valence-electron chi connectivity index (χ3n) is 4.28. The number of carboxylic acids is 1. The molecule has 0 fully saturated rings. The molecule has 0 radical (unpaired) electrons. The van der Waals surface area contributed by atoms with Crippen LogP contribution in [0.5, 0.6) is 0 Å². The maximum absolute atomic E-state index is 11.9. The maximum atomic E-state index is 11.9. The topological polar surface area (TPSA) is 57.6 Å². The predicted molar refractivity (Wildman–Crippen MR) is 81.5 cm³/mol. The fourth-order valence-electron chi connectivity index (χ4n) is 2.24. The number of aliphatic carboxylic acids is 1. The molecular formula is C16H31NO3. The molecule has 0 unspecified atom stereocenters. The standard InChI is InChI=1S/C16H31NO3/c1-6-12(2)16(20)17(5)10-8-7-9-13(3)14(4)11-15(18)19/h12-14H,6-11H2,1-5H3,(H,18,19)/t12-,13+,14-/m1/s1. The summed E-state index contributed by atoms with van der Waals surface area (Å²) < 4.78 is 0. The van der Waals surface area contributed by atoms with Gasteiger partial charge in [0.15, 0.2) is 0 Å². The van der Waals surface area contributed by atoms with Gasteiger partial charge in [0.1, 0.15) is 0 Å². The Bertz CT molecular complexity index is 304. The molecule has 0 aliphatic rings. The number of hydrogen-bond donors (Lipinski definition) is 1. The highest BCUT2D eigenvalue weighted by Gasteiger charge is 2.17. The second kappa shape index (κ2) is 9.78. The number of amides is 1. The van der Waals surface area contributed by atoms with E-state index < -0.39 is 5.97 Å². The zero-order valence-electron chi connectivity index (χ0n) is 13.7. The molecule has 0 spiro atoms. The fraction of sp³-hybridized carbons (Fsp3) is 0.875. The highest BCUT2D eigenvalue weighted by atomic mass is 16.4. The summed E-state index contributed by atoms with van der Waals surface area (Å²) in [5, 5.41) is 8.77. The number of carboxylic acid groups (broad SMARTS) is 1. The molecule has 0 aromatic heterocycles. The van der Waals surface area contributed by atoms with Gasteiger partial charge in [-0.2, -0.15) is 0 Å². The highest BCUT2D eigenvalue weighted by molar-refractivity contribution is 5.78. The summed E-state index contributed by atoms with van der Waals surface area (Å²) in [5.41, 5.74) is 0. The lowest BCUT2D eigenvalue weighted by molar-refractivity contribution is -0.138. The van der Waals surface area contributed by atoms with Crippen LogP contribution in [-0.2, 0) is 9.59 Å². The molecule has 1 N–H and O–H groups in total. The number of unbranched alkanes of at least 4 members (excludes halogenated alkanes) is 1. The van der Waals surface area contributed by atoms with Crippen molar-refractivity contribution in [1.29, 1.82) is 0 Å². The Hall–Kier alpha value is -1.06. The average Bonchev–Trinajstić information content (AvgIpc) is 2.40. The highest BCUT2D eigenvalue weighted by Crippen LogP contribution is 2.21. The first-order valence-electron chi connectivity index (χ1n) is 7.76. The Morgan fingerprint density at radius 1 is 1.10 bits per heavy atom. The van der Waals surface area contributed by atoms with Crippen molar-refractivity contribution in [1.82, 2.24) is 4.90 Å². The van der Waals surface area contributed by atoms with Crippen LogP contribution in [0.1, 0.15) is 59.8 Å². The van der Waals surface area contributed by atoms with E-state index in [-0.39, 0.29) is 24.2 Å². The van der Waals surface area contributed by atoms with Crippen LogP contribution in [0.4, 0.5) is 0 Å². The molecule has 118 valence electrons. The summed E-state index contributed by atoms with van der Waals surface area (Å²) in [7, 11) is 1.87. The molecule has 0 rings (SSSR count). The smallest absolute Gasteiger partial charge is 0.303 e. The lowest BCUT2D eigenvalue weighted by atomic mass is 9.88. The van der Waals surface area contributed by atoms with Gasteiger partial charge < -0.3 is 10.0 Å². The van der Waals surface area contributed by atoms with E-state index in [1.807, 2.05) is 32.7 Å². The molecule has 20 heavy (non-hydrogen) atoms. The van der Waals surface area contributed by atoms with E-state index in [2.05, 4.69) is 6.92 Å². The van der Waals surface area contributed by atoms with Gasteiger partial charge in [0.2, 0.25) is 5.91 Å². The molecule has 0 heterocycles. The van der Waals surface area contributed by atoms with Crippen LogP contribution in [0.15, 0.2) is 0 Å². The maximum Gasteiger partial charge on any atom is 0.303 e. The second-order valence-electron chi connectivity index (χ2n) is 6.12. The summed E-state index contributed by atoms with van der Waals surface area (Å²) in [5.74, 6) is 0.242. The minimum Gasteiger partial charge on any atom is -0.481 e. The number of hydrogen-bond acceptors (Lipinski definition) is 2. The van der Waals surface area contributed by atoms with Gasteiger partial charge in [-0.15, -0.1) is 0 Å². The Labute approximate surface area is 123 Å². The zero-order valence-corrected chi connectivity index (χ0v) is 13.7. The lowest BCUT2D eigenvalue weighted by Gasteiger charge is -2.22. The minimum absolute atomic E-state index is 0.106. The first kappa shape index (κ1) is 18.9. The minimum atomic E-state index is -0.719. The van der Waals surface area contributed by atoms with E-state index in [4.69, 9.17) is 5.11 Å². The van der Waals surface area contributed by atoms with Gasteiger partial charge in [-0.3, -0.25) is 9.59 Å².